The molecule has 0 aromatic rings. The number of nitrogens with zero attached hydrogens (tertiary/aromatic N) is 1. The number of rotatable bonds is 2. The van der Waals surface area contributed by atoms with Crippen LogP contribution in [0.15, 0.2) is 23.5 Å². The highest BCUT2D eigenvalue weighted by Crippen LogP contribution is 2.24. The van der Waals surface area contributed by atoms with Crippen molar-refractivity contribution in [2.24, 2.45) is 0 Å². The fraction of sp³-hybridized carbons (Fsp3) is 0.636. The molecule has 1 aliphatic carbocycles. The van der Waals surface area contributed by atoms with Crippen LogP contribution in [-0.2, 0) is 14.8 Å². The van der Waals surface area contributed by atoms with Gasteiger partial charge in [-0.1, -0.05) is 6.08 Å². The lowest BCUT2D eigenvalue weighted by Crippen LogP contribution is -2.45. The first-order valence-electron chi connectivity index (χ1n) is 5.66. The molecule has 1 atom stereocenters. The zero-order valence-electron chi connectivity index (χ0n) is 9.80. The average molecular weight is 259 g/mol. The molecule has 0 saturated carbocycles. The van der Waals surface area contributed by atoms with E-state index in [1.807, 2.05) is 0 Å². The summed E-state index contributed by atoms with van der Waals surface area (Å²) in [5.74, 6) is 0.179. The van der Waals surface area contributed by atoms with E-state index in [4.69, 9.17) is 4.74 Å². The zero-order valence-corrected chi connectivity index (χ0v) is 10.6. The number of aliphatic hydroxyl groups is 1. The summed E-state index contributed by atoms with van der Waals surface area (Å²) in [7, 11) is -3.32. The van der Waals surface area contributed by atoms with Gasteiger partial charge in [0.15, 0.2) is 0 Å². The van der Waals surface area contributed by atoms with Crippen molar-refractivity contribution < 1.29 is 18.3 Å². The molecule has 1 unspecified atom stereocenters. The Kier molecular flexibility index (Phi) is 3.56. The summed E-state index contributed by atoms with van der Waals surface area (Å²) in [4.78, 5) is 0. The Hall–Kier alpha value is -0.850. The van der Waals surface area contributed by atoms with Gasteiger partial charge in [-0.15, -0.1) is 0 Å². The molecule has 1 saturated heterocycles. The lowest BCUT2D eigenvalue weighted by atomic mass is 10.1. The van der Waals surface area contributed by atoms with Gasteiger partial charge in [0, 0.05) is 13.1 Å². The first kappa shape index (κ1) is 12.6. The van der Waals surface area contributed by atoms with Crippen molar-refractivity contribution >= 4 is 10.0 Å². The maximum atomic E-state index is 12.3. The second kappa shape index (κ2) is 4.80. The zero-order chi connectivity index (χ0) is 12.5. The maximum Gasteiger partial charge on any atom is 0.221 e. The van der Waals surface area contributed by atoms with Crippen molar-refractivity contribution in [1.82, 2.24) is 4.31 Å². The van der Waals surface area contributed by atoms with E-state index in [0.717, 1.165) is 0 Å². The molecule has 1 N–H and O–H groups in total. The summed E-state index contributed by atoms with van der Waals surface area (Å²) in [6.45, 7) is 3.46. The van der Waals surface area contributed by atoms with Crippen LogP contribution in [-0.4, -0.2) is 49.4 Å². The van der Waals surface area contributed by atoms with Crippen molar-refractivity contribution in [3.8, 4) is 0 Å². The summed E-state index contributed by atoms with van der Waals surface area (Å²) < 4.78 is 31.2. The second-order valence-corrected chi connectivity index (χ2v) is 6.42. The van der Waals surface area contributed by atoms with Crippen LogP contribution in [0, 0.1) is 0 Å². The van der Waals surface area contributed by atoms with E-state index in [0.29, 0.717) is 38.3 Å². The lowest BCUT2D eigenvalue weighted by molar-refractivity contribution is 0.0728. The van der Waals surface area contributed by atoms with Crippen LogP contribution < -0.4 is 0 Å². The Labute approximate surface area is 101 Å². The minimum absolute atomic E-state index is 0.179. The van der Waals surface area contributed by atoms with Crippen LogP contribution >= 0.6 is 0 Å². The van der Waals surface area contributed by atoms with Crippen molar-refractivity contribution in [2.45, 2.75) is 18.6 Å². The van der Waals surface area contributed by atoms with Crippen LogP contribution in [0.1, 0.15) is 13.3 Å². The first-order valence-corrected chi connectivity index (χ1v) is 7.17. The van der Waals surface area contributed by atoms with Crippen molar-refractivity contribution in [2.75, 3.05) is 26.3 Å². The Morgan fingerprint density at radius 1 is 1.41 bits per heavy atom. The predicted molar refractivity (Wildman–Crippen MR) is 64.2 cm³/mol. The third kappa shape index (κ3) is 2.53. The van der Waals surface area contributed by atoms with E-state index < -0.39 is 15.3 Å². The highest BCUT2D eigenvalue weighted by Gasteiger charge is 2.32. The molecule has 0 amide bonds. The SMILES string of the molecule is CC1=CC(S(=O)(=O)N2CCOCC2)CC=C1O. The van der Waals surface area contributed by atoms with Gasteiger partial charge < -0.3 is 9.84 Å². The second-order valence-electron chi connectivity index (χ2n) is 4.27. The standard InChI is InChI=1S/C11H17NO4S/c1-9-8-10(2-3-11(9)13)17(14,15)12-4-6-16-7-5-12/h3,8,10,13H,2,4-7H2,1H3. The maximum absolute atomic E-state index is 12.3. The minimum atomic E-state index is -3.32. The lowest BCUT2D eigenvalue weighted by Gasteiger charge is -2.30. The van der Waals surface area contributed by atoms with E-state index in [-0.39, 0.29) is 5.76 Å². The molecule has 0 aromatic heterocycles. The molecule has 0 bridgehead atoms. The van der Waals surface area contributed by atoms with Crippen molar-refractivity contribution in [3.05, 3.63) is 23.5 Å². The van der Waals surface area contributed by atoms with Gasteiger partial charge in [-0.25, -0.2) is 8.42 Å². The van der Waals surface area contributed by atoms with E-state index in [1.165, 1.54) is 4.31 Å². The van der Waals surface area contributed by atoms with Gasteiger partial charge >= 0.3 is 0 Å². The highest BCUT2D eigenvalue weighted by atomic mass is 32.2. The average Bonchev–Trinajstić information content (AvgIpc) is 2.33. The molecule has 6 heteroatoms. The number of morpholine rings is 1. The number of ether oxygens (including phenoxy) is 1. The molecular formula is C11H17NO4S. The van der Waals surface area contributed by atoms with Crippen molar-refractivity contribution in [3.63, 3.8) is 0 Å². The molecule has 1 heterocycles. The summed E-state index contributed by atoms with van der Waals surface area (Å²) in [6, 6.07) is 0. The van der Waals surface area contributed by atoms with E-state index in [9.17, 15) is 13.5 Å². The quantitative estimate of drug-likeness (QED) is 0.797. The number of hydrogen-bond donors (Lipinski definition) is 1. The Bertz CT molecular complexity index is 446. The molecule has 0 radical (unpaired) electrons. The monoisotopic (exact) mass is 259 g/mol. The van der Waals surface area contributed by atoms with Crippen LogP contribution in [0.3, 0.4) is 0 Å². The molecule has 1 aliphatic heterocycles. The van der Waals surface area contributed by atoms with Gasteiger partial charge in [-0.2, -0.15) is 4.31 Å². The first-order chi connectivity index (χ1) is 8.01. The number of allylic oxidation sites excluding steroid dienone is 2. The van der Waals surface area contributed by atoms with Crippen LogP contribution in [0.25, 0.3) is 0 Å². The fourth-order valence-corrected chi connectivity index (χ4v) is 3.78. The molecule has 2 rings (SSSR count). The van der Waals surface area contributed by atoms with Gasteiger partial charge in [0.1, 0.15) is 5.76 Å². The van der Waals surface area contributed by atoms with E-state index in [2.05, 4.69) is 0 Å². The molecule has 17 heavy (non-hydrogen) atoms. The summed E-state index contributed by atoms with van der Waals surface area (Å²) >= 11 is 0. The molecule has 1 fully saturated rings. The summed E-state index contributed by atoms with van der Waals surface area (Å²) in [5, 5.41) is 8.88. The molecule has 5 nitrogen and oxygen atoms in total. The normalized spacial score (nSPS) is 27.5. The van der Waals surface area contributed by atoms with Gasteiger partial charge in [0.05, 0.1) is 18.5 Å². The number of sulfonamides is 1. The fourth-order valence-electron chi connectivity index (χ4n) is 2.02. The third-order valence-electron chi connectivity index (χ3n) is 3.10. The number of aliphatic hydroxyl groups excluding tert-OH is 1. The smallest absolute Gasteiger partial charge is 0.221 e. The van der Waals surface area contributed by atoms with Crippen molar-refractivity contribution in [1.29, 1.82) is 0 Å². The summed E-state index contributed by atoms with van der Waals surface area (Å²) in [6.07, 6.45) is 3.53. The number of hydrogen-bond acceptors (Lipinski definition) is 4. The Morgan fingerprint density at radius 3 is 2.65 bits per heavy atom. The van der Waals surface area contributed by atoms with Crippen LogP contribution in [0.4, 0.5) is 0 Å². The Morgan fingerprint density at radius 2 is 2.06 bits per heavy atom. The predicted octanol–water partition coefficient (Wildman–Crippen LogP) is 0.809. The largest absolute Gasteiger partial charge is 0.508 e. The van der Waals surface area contributed by atoms with Gasteiger partial charge in [0.25, 0.3) is 0 Å². The van der Waals surface area contributed by atoms with Gasteiger partial charge in [-0.3, -0.25) is 0 Å². The van der Waals surface area contributed by atoms with Crippen LogP contribution in [0.2, 0.25) is 0 Å². The molecule has 2 aliphatic rings. The third-order valence-corrected chi connectivity index (χ3v) is 5.27. The molecule has 0 spiro atoms. The van der Waals surface area contributed by atoms with Gasteiger partial charge in [-0.05, 0) is 25.0 Å². The minimum Gasteiger partial charge on any atom is -0.508 e. The van der Waals surface area contributed by atoms with E-state index >= 15 is 0 Å². The Balaban J connectivity index is 2.17. The summed E-state index contributed by atoms with van der Waals surface area (Å²) in [5.41, 5.74) is 0.623. The topological polar surface area (TPSA) is 66.8 Å². The van der Waals surface area contributed by atoms with Gasteiger partial charge in [0.2, 0.25) is 10.0 Å². The molecule has 0 aromatic carbocycles. The van der Waals surface area contributed by atoms with Crippen LogP contribution in [0.5, 0.6) is 0 Å². The highest BCUT2D eigenvalue weighted by molar-refractivity contribution is 7.89. The molecular weight excluding hydrogens is 242 g/mol. The molecule has 96 valence electrons. The van der Waals surface area contributed by atoms with E-state index in [1.54, 1.807) is 19.1 Å².